The molecule has 1 aliphatic heterocycles. The van der Waals surface area contributed by atoms with E-state index in [1.807, 2.05) is 18.2 Å². The van der Waals surface area contributed by atoms with E-state index >= 15 is 0 Å². The maximum Gasteiger partial charge on any atom is 0.229 e. The first-order valence-corrected chi connectivity index (χ1v) is 7.87. The van der Waals surface area contributed by atoms with Gasteiger partial charge in [-0.3, -0.25) is 4.79 Å². The fourth-order valence-electron chi connectivity index (χ4n) is 2.48. The molecule has 2 atom stereocenters. The summed E-state index contributed by atoms with van der Waals surface area (Å²) in [6, 6.07) is 7.97. The fourth-order valence-corrected chi connectivity index (χ4v) is 3.96. The van der Waals surface area contributed by atoms with Crippen LogP contribution in [0.5, 0.6) is 0 Å². The minimum absolute atomic E-state index is 0.0575. The molecule has 2 unspecified atom stereocenters. The van der Waals surface area contributed by atoms with Crippen molar-refractivity contribution >= 4 is 34.9 Å². The Balaban J connectivity index is 1.73. The van der Waals surface area contributed by atoms with Crippen molar-refractivity contribution in [3.8, 4) is 0 Å². The number of thioether (sulfide) groups is 1. The Hall–Kier alpha value is -1.07. The lowest BCUT2D eigenvalue weighted by atomic mass is 10.00. The number of hydrogen-bond donors (Lipinski definition) is 2. The van der Waals surface area contributed by atoms with Crippen LogP contribution in [0.25, 0.3) is 0 Å². The second-order valence-electron chi connectivity index (χ2n) is 5.13. The quantitative estimate of drug-likeness (QED) is 0.834. The van der Waals surface area contributed by atoms with E-state index in [4.69, 9.17) is 18.0 Å². The van der Waals surface area contributed by atoms with Gasteiger partial charge in [-0.15, -0.1) is 11.8 Å². The molecule has 0 bridgehead atoms. The zero-order valence-corrected chi connectivity index (χ0v) is 12.1. The molecule has 0 aromatic heterocycles. The molecule has 3 nitrogen and oxygen atoms in total. The van der Waals surface area contributed by atoms with Crippen LogP contribution in [0.2, 0.25) is 0 Å². The Kier molecular flexibility index (Phi) is 3.50. The van der Waals surface area contributed by atoms with E-state index in [-0.39, 0.29) is 17.9 Å². The number of rotatable bonds is 4. The van der Waals surface area contributed by atoms with Gasteiger partial charge in [-0.05, 0) is 30.4 Å². The van der Waals surface area contributed by atoms with E-state index in [0.29, 0.717) is 10.9 Å². The molecule has 1 amide bonds. The van der Waals surface area contributed by atoms with Crippen molar-refractivity contribution in [3.05, 3.63) is 29.8 Å². The number of thiocarbonyl (C=S) groups is 1. The van der Waals surface area contributed by atoms with Gasteiger partial charge in [0.25, 0.3) is 0 Å². The molecule has 1 heterocycles. The standard InChI is InChI=1S/C14H16N2OS2/c15-13(18)12(8-5-6-8)16-14(17)10-7-19-11-4-2-1-3-9(10)11/h1-4,8,10,12H,5-7H2,(H2,15,18)(H,16,17). The highest BCUT2D eigenvalue weighted by atomic mass is 32.2. The van der Waals surface area contributed by atoms with Crippen molar-refractivity contribution in [2.24, 2.45) is 11.7 Å². The van der Waals surface area contributed by atoms with Crippen molar-refractivity contribution < 1.29 is 4.79 Å². The van der Waals surface area contributed by atoms with E-state index in [9.17, 15) is 4.79 Å². The van der Waals surface area contributed by atoms with Gasteiger partial charge in [0.05, 0.1) is 16.9 Å². The Bertz CT molecular complexity index is 528. The van der Waals surface area contributed by atoms with Crippen molar-refractivity contribution in [1.82, 2.24) is 5.32 Å². The van der Waals surface area contributed by atoms with Gasteiger partial charge in [0.2, 0.25) is 5.91 Å². The molecule has 5 heteroatoms. The third kappa shape index (κ3) is 2.62. The van der Waals surface area contributed by atoms with E-state index < -0.39 is 0 Å². The molecular weight excluding hydrogens is 276 g/mol. The van der Waals surface area contributed by atoms with E-state index in [0.717, 1.165) is 24.2 Å². The highest BCUT2D eigenvalue weighted by Gasteiger charge is 2.37. The van der Waals surface area contributed by atoms with Crippen LogP contribution < -0.4 is 11.1 Å². The Morgan fingerprint density at radius 1 is 1.42 bits per heavy atom. The monoisotopic (exact) mass is 292 g/mol. The summed E-state index contributed by atoms with van der Waals surface area (Å²) in [7, 11) is 0. The molecule has 1 aliphatic carbocycles. The largest absolute Gasteiger partial charge is 0.392 e. The van der Waals surface area contributed by atoms with Gasteiger partial charge in [0.15, 0.2) is 0 Å². The second-order valence-corrected chi connectivity index (χ2v) is 6.66. The Morgan fingerprint density at radius 3 is 2.84 bits per heavy atom. The van der Waals surface area contributed by atoms with Crippen molar-refractivity contribution in [1.29, 1.82) is 0 Å². The molecule has 19 heavy (non-hydrogen) atoms. The highest BCUT2D eigenvalue weighted by Crippen LogP contribution is 2.40. The summed E-state index contributed by atoms with van der Waals surface area (Å²) in [5, 5.41) is 3.04. The van der Waals surface area contributed by atoms with Crippen LogP contribution >= 0.6 is 24.0 Å². The van der Waals surface area contributed by atoms with Gasteiger partial charge in [0.1, 0.15) is 0 Å². The Labute approximate surface area is 122 Å². The number of hydrogen-bond acceptors (Lipinski definition) is 3. The van der Waals surface area contributed by atoms with Gasteiger partial charge in [0, 0.05) is 10.6 Å². The van der Waals surface area contributed by atoms with Crippen molar-refractivity contribution in [2.75, 3.05) is 5.75 Å². The van der Waals surface area contributed by atoms with E-state index in [2.05, 4.69) is 11.4 Å². The van der Waals surface area contributed by atoms with Gasteiger partial charge in [-0.25, -0.2) is 0 Å². The average Bonchev–Trinajstić information content (AvgIpc) is 3.14. The van der Waals surface area contributed by atoms with Crippen molar-refractivity contribution in [2.45, 2.75) is 29.7 Å². The van der Waals surface area contributed by atoms with Gasteiger partial charge in [-0.2, -0.15) is 0 Å². The third-order valence-electron chi connectivity index (χ3n) is 3.71. The molecule has 0 spiro atoms. The summed E-state index contributed by atoms with van der Waals surface area (Å²) in [6.07, 6.45) is 2.22. The highest BCUT2D eigenvalue weighted by molar-refractivity contribution is 7.99. The summed E-state index contributed by atoms with van der Waals surface area (Å²) in [6.45, 7) is 0. The third-order valence-corrected chi connectivity index (χ3v) is 5.15. The molecule has 1 aromatic rings. The molecule has 3 rings (SSSR count). The maximum absolute atomic E-state index is 12.4. The van der Waals surface area contributed by atoms with Gasteiger partial charge >= 0.3 is 0 Å². The molecule has 1 fully saturated rings. The van der Waals surface area contributed by atoms with Gasteiger partial charge in [-0.1, -0.05) is 30.4 Å². The van der Waals surface area contributed by atoms with E-state index in [1.165, 1.54) is 4.90 Å². The molecule has 1 aromatic carbocycles. The number of benzene rings is 1. The van der Waals surface area contributed by atoms with Crippen LogP contribution in [-0.4, -0.2) is 22.7 Å². The summed E-state index contributed by atoms with van der Waals surface area (Å²) < 4.78 is 0. The minimum Gasteiger partial charge on any atom is -0.392 e. The lowest BCUT2D eigenvalue weighted by molar-refractivity contribution is -0.122. The summed E-state index contributed by atoms with van der Waals surface area (Å²) >= 11 is 6.80. The van der Waals surface area contributed by atoms with Crippen LogP contribution in [0.15, 0.2) is 29.2 Å². The summed E-state index contributed by atoms with van der Waals surface area (Å²) in [5.41, 5.74) is 6.86. The van der Waals surface area contributed by atoms with Crippen molar-refractivity contribution in [3.63, 3.8) is 0 Å². The minimum atomic E-state index is -0.125. The molecular formula is C14H16N2OS2. The first kappa shape index (κ1) is 12.9. The van der Waals surface area contributed by atoms with E-state index in [1.54, 1.807) is 11.8 Å². The van der Waals surface area contributed by atoms with Crippen LogP contribution in [0.3, 0.4) is 0 Å². The number of nitrogens with one attached hydrogen (secondary N) is 1. The molecule has 0 saturated heterocycles. The van der Waals surface area contributed by atoms with Gasteiger partial charge < -0.3 is 11.1 Å². The first-order valence-electron chi connectivity index (χ1n) is 6.48. The van der Waals surface area contributed by atoms with Crippen LogP contribution in [-0.2, 0) is 4.79 Å². The molecule has 100 valence electrons. The van der Waals surface area contributed by atoms with Crippen LogP contribution in [0.1, 0.15) is 24.3 Å². The number of carbonyl (C=O) groups excluding carboxylic acids is 1. The molecule has 1 saturated carbocycles. The summed E-state index contributed by atoms with van der Waals surface area (Å²) in [4.78, 5) is 14.0. The maximum atomic E-state index is 12.4. The zero-order chi connectivity index (χ0) is 13.4. The van der Waals surface area contributed by atoms with Crippen LogP contribution in [0, 0.1) is 5.92 Å². The topological polar surface area (TPSA) is 55.1 Å². The number of fused-ring (bicyclic) bond motifs is 1. The zero-order valence-electron chi connectivity index (χ0n) is 10.5. The molecule has 0 radical (unpaired) electrons. The Morgan fingerprint density at radius 2 is 2.16 bits per heavy atom. The lowest BCUT2D eigenvalue weighted by Crippen LogP contribution is -2.46. The smallest absolute Gasteiger partial charge is 0.229 e. The predicted molar refractivity (Wildman–Crippen MR) is 81.3 cm³/mol. The predicted octanol–water partition coefficient (Wildman–Crippen LogP) is 2.06. The fraction of sp³-hybridized carbons (Fsp3) is 0.429. The lowest BCUT2D eigenvalue weighted by Gasteiger charge is -2.19. The molecule has 3 N–H and O–H groups in total. The normalized spacial score (nSPS) is 22.6. The average molecular weight is 292 g/mol. The second kappa shape index (κ2) is 5.13. The number of amides is 1. The van der Waals surface area contributed by atoms with Crippen LogP contribution in [0.4, 0.5) is 0 Å². The molecule has 2 aliphatic rings. The first-order chi connectivity index (χ1) is 9.16. The summed E-state index contributed by atoms with van der Waals surface area (Å²) in [5.74, 6) is 1.24. The SMILES string of the molecule is NC(=S)C(NC(=O)C1CSc2ccccc21)C1CC1. The number of nitrogens with two attached hydrogens (primary N) is 1. The number of carbonyl (C=O) groups is 1.